The van der Waals surface area contributed by atoms with Crippen LogP contribution in [-0.4, -0.2) is 0 Å². The zero-order valence-corrected chi connectivity index (χ0v) is 3.68. The second-order valence-corrected chi connectivity index (χ2v) is 0.878. The van der Waals surface area contributed by atoms with Crippen molar-refractivity contribution in [3.05, 3.63) is 11.9 Å². The number of nitrogens with two attached hydrogens (primary N) is 2. The van der Waals surface area contributed by atoms with Gasteiger partial charge in [0.15, 0.2) is 0 Å². The van der Waals surface area contributed by atoms with Crippen molar-refractivity contribution in [3.63, 3.8) is 0 Å². The Balaban J connectivity index is 3.57. The van der Waals surface area contributed by atoms with Crippen molar-refractivity contribution in [1.82, 2.24) is 5.43 Å². The van der Waals surface area contributed by atoms with Crippen LogP contribution in [0, 0.1) is 11.3 Å². The lowest BCUT2D eigenvalue weighted by Gasteiger charge is -1.83. The lowest BCUT2D eigenvalue weighted by molar-refractivity contribution is 0.955. The number of rotatable bonds is 1. The van der Waals surface area contributed by atoms with Gasteiger partial charge in [0.25, 0.3) is 0 Å². The van der Waals surface area contributed by atoms with Crippen molar-refractivity contribution < 1.29 is 0 Å². The topological polar surface area (TPSA) is 87.9 Å². The van der Waals surface area contributed by atoms with Crippen molar-refractivity contribution in [1.29, 1.82) is 5.26 Å². The summed E-state index contributed by atoms with van der Waals surface area (Å²) in [5.74, 6) is 4.75. The van der Waals surface area contributed by atoms with Crippen molar-refractivity contribution in [2.75, 3.05) is 0 Å². The van der Waals surface area contributed by atoms with Gasteiger partial charge in [0, 0.05) is 6.20 Å². The molecule has 0 unspecified atom stereocenters. The van der Waals surface area contributed by atoms with Gasteiger partial charge in [-0.2, -0.15) is 5.26 Å². The van der Waals surface area contributed by atoms with E-state index in [9.17, 15) is 0 Å². The average molecular weight is 98.1 g/mol. The first-order valence-electron chi connectivity index (χ1n) is 1.63. The Labute approximate surface area is 41.4 Å². The van der Waals surface area contributed by atoms with Gasteiger partial charge >= 0.3 is 0 Å². The van der Waals surface area contributed by atoms with Gasteiger partial charge in [-0.3, -0.25) is 5.84 Å². The summed E-state index contributed by atoms with van der Waals surface area (Å²) in [6.07, 6.45) is 1.21. The van der Waals surface area contributed by atoms with Gasteiger partial charge in [0.05, 0.1) is 0 Å². The molecule has 0 aromatic heterocycles. The summed E-state index contributed by atoms with van der Waals surface area (Å²) in [7, 11) is 0. The predicted octanol–water partition coefficient (Wildman–Crippen LogP) is -1.23. The molecule has 7 heavy (non-hydrogen) atoms. The van der Waals surface area contributed by atoms with E-state index in [4.69, 9.17) is 16.8 Å². The molecule has 0 aliphatic heterocycles. The highest BCUT2D eigenvalue weighted by atomic mass is 15.2. The van der Waals surface area contributed by atoms with Gasteiger partial charge in [0.1, 0.15) is 11.8 Å². The highest BCUT2D eigenvalue weighted by molar-refractivity contribution is 5.14. The third kappa shape index (κ3) is 2.60. The Morgan fingerprint density at radius 3 is 2.57 bits per heavy atom. The highest BCUT2D eigenvalue weighted by Crippen LogP contribution is 1.69. The molecular formula is C3H6N4. The molecule has 0 radical (unpaired) electrons. The fraction of sp³-hybridized carbons (Fsp3) is 0. The lowest BCUT2D eigenvalue weighted by atomic mass is 10.6. The van der Waals surface area contributed by atoms with Crippen LogP contribution >= 0.6 is 0 Å². The van der Waals surface area contributed by atoms with E-state index in [2.05, 4.69) is 5.43 Å². The minimum Gasteiger partial charge on any atom is -0.389 e. The van der Waals surface area contributed by atoms with E-state index < -0.39 is 0 Å². The molecule has 0 aliphatic carbocycles. The molecule has 5 N–H and O–H groups in total. The van der Waals surface area contributed by atoms with E-state index >= 15 is 0 Å². The van der Waals surface area contributed by atoms with Crippen LogP contribution in [0.2, 0.25) is 0 Å². The molecule has 0 fully saturated rings. The number of hydrogen-bond acceptors (Lipinski definition) is 4. The second-order valence-electron chi connectivity index (χ2n) is 0.878. The fourth-order valence-electron chi connectivity index (χ4n) is 0.122. The molecule has 0 rings (SSSR count). The standard InChI is InChI=1S/C3H6N4/c4-1-3(5)2-7-6/h2,7H,5-6H2/b3-2-. The van der Waals surface area contributed by atoms with Crippen LogP contribution in [0.1, 0.15) is 0 Å². The summed E-state index contributed by atoms with van der Waals surface area (Å²) < 4.78 is 0. The van der Waals surface area contributed by atoms with Crippen molar-refractivity contribution in [3.8, 4) is 6.07 Å². The SMILES string of the molecule is N#C/C(N)=C/NN. The summed E-state index contributed by atoms with van der Waals surface area (Å²) in [5.41, 5.74) is 7.12. The van der Waals surface area contributed by atoms with Crippen molar-refractivity contribution in [2.45, 2.75) is 0 Å². The normalized spacial score (nSPS) is 10.0. The number of nitriles is 1. The third-order valence-corrected chi connectivity index (χ3v) is 0.368. The molecule has 4 heteroatoms. The molecule has 0 aromatic carbocycles. The first-order chi connectivity index (χ1) is 3.31. The smallest absolute Gasteiger partial charge is 0.128 e. The Hall–Kier alpha value is -1.21. The molecule has 0 amide bonds. The first-order valence-corrected chi connectivity index (χ1v) is 1.63. The Bertz CT molecular complexity index is 109. The lowest BCUT2D eigenvalue weighted by Crippen LogP contribution is -2.15. The quantitative estimate of drug-likeness (QED) is 0.218. The molecule has 0 heterocycles. The van der Waals surface area contributed by atoms with E-state index in [1.165, 1.54) is 6.20 Å². The van der Waals surface area contributed by atoms with Gasteiger partial charge in [-0.05, 0) is 0 Å². The zero-order valence-electron chi connectivity index (χ0n) is 3.68. The monoisotopic (exact) mass is 98.1 g/mol. The Kier molecular flexibility index (Phi) is 2.48. The van der Waals surface area contributed by atoms with Gasteiger partial charge < -0.3 is 11.2 Å². The van der Waals surface area contributed by atoms with Gasteiger partial charge in [-0.25, -0.2) is 0 Å². The molecular weight excluding hydrogens is 92.1 g/mol. The zero-order chi connectivity index (χ0) is 5.70. The van der Waals surface area contributed by atoms with E-state index in [0.29, 0.717) is 0 Å². The summed E-state index contributed by atoms with van der Waals surface area (Å²) in [5, 5.41) is 7.93. The molecule has 0 saturated heterocycles. The van der Waals surface area contributed by atoms with E-state index in [-0.39, 0.29) is 5.70 Å². The van der Waals surface area contributed by atoms with Crippen LogP contribution in [0.15, 0.2) is 11.9 Å². The number of hydrogen-bond donors (Lipinski definition) is 3. The molecule has 0 aromatic rings. The Morgan fingerprint density at radius 1 is 1.86 bits per heavy atom. The van der Waals surface area contributed by atoms with Crippen LogP contribution in [0.5, 0.6) is 0 Å². The number of nitrogens with zero attached hydrogens (tertiary/aromatic N) is 1. The number of nitrogens with one attached hydrogen (secondary N) is 1. The Morgan fingerprint density at radius 2 is 2.43 bits per heavy atom. The average Bonchev–Trinajstić information content (AvgIpc) is 1.68. The summed E-state index contributed by atoms with van der Waals surface area (Å²) in [6.45, 7) is 0. The van der Waals surface area contributed by atoms with E-state index in [0.717, 1.165) is 0 Å². The second kappa shape index (κ2) is 3.00. The summed E-state index contributed by atoms with van der Waals surface area (Å²) >= 11 is 0. The molecule has 0 bridgehead atoms. The maximum Gasteiger partial charge on any atom is 0.128 e. The maximum absolute atomic E-state index is 7.93. The number of allylic oxidation sites excluding steroid dienone is 1. The van der Waals surface area contributed by atoms with Crippen LogP contribution in [0.3, 0.4) is 0 Å². The molecule has 4 nitrogen and oxygen atoms in total. The predicted molar refractivity (Wildman–Crippen MR) is 25.2 cm³/mol. The number of hydrazine groups is 1. The third-order valence-electron chi connectivity index (χ3n) is 0.368. The molecule has 0 atom stereocenters. The van der Waals surface area contributed by atoms with Gasteiger partial charge in [0.2, 0.25) is 0 Å². The summed E-state index contributed by atoms with van der Waals surface area (Å²) in [6, 6.07) is 1.66. The molecule has 0 spiro atoms. The summed E-state index contributed by atoms with van der Waals surface area (Å²) in [4.78, 5) is 0. The maximum atomic E-state index is 7.93. The van der Waals surface area contributed by atoms with E-state index in [1.54, 1.807) is 6.07 Å². The van der Waals surface area contributed by atoms with Crippen molar-refractivity contribution in [2.24, 2.45) is 11.6 Å². The molecule has 0 aliphatic rings. The minimum absolute atomic E-state index is 0.0718. The minimum atomic E-state index is 0.0718. The van der Waals surface area contributed by atoms with Crippen LogP contribution < -0.4 is 17.0 Å². The molecule has 38 valence electrons. The van der Waals surface area contributed by atoms with Crippen LogP contribution in [0.4, 0.5) is 0 Å². The van der Waals surface area contributed by atoms with E-state index in [1.807, 2.05) is 0 Å². The fourth-order valence-corrected chi connectivity index (χ4v) is 0.122. The molecule has 0 saturated carbocycles. The first kappa shape index (κ1) is 5.79. The van der Waals surface area contributed by atoms with Gasteiger partial charge in [-0.1, -0.05) is 0 Å². The van der Waals surface area contributed by atoms with Gasteiger partial charge in [-0.15, -0.1) is 0 Å². The van der Waals surface area contributed by atoms with Crippen LogP contribution in [0.25, 0.3) is 0 Å². The van der Waals surface area contributed by atoms with Crippen molar-refractivity contribution >= 4 is 0 Å². The highest BCUT2D eigenvalue weighted by Gasteiger charge is 1.75. The van der Waals surface area contributed by atoms with Crippen LogP contribution in [-0.2, 0) is 0 Å². The largest absolute Gasteiger partial charge is 0.389 e.